The van der Waals surface area contributed by atoms with E-state index in [1.807, 2.05) is 6.92 Å². The second-order valence-corrected chi connectivity index (χ2v) is 6.01. The molecular formula is C19H37NO8. The molecule has 0 aromatic rings. The van der Waals surface area contributed by atoms with Crippen LogP contribution in [0.15, 0.2) is 12.7 Å². The quantitative estimate of drug-likeness (QED) is 0.205. The zero-order valence-electron chi connectivity index (χ0n) is 17.2. The van der Waals surface area contributed by atoms with E-state index in [4.69, 9.17) is 33.5 Å². The summed E-state index contributed by atoms with van der Waals surface area (Å²) in [6, 6.07) is 0. The third-order valence-corrected chi connectivity index (χ3v) is 3.19. The average molecular weight is 408 g/mol. The first-order chi connectivity index (χ1) is 13.6. The van der Waals surface area contributed by atoms with Crippen LogP contribution in [0.5, 0.6) is 0 Å². The van der Waals surface area contributed by atoms with E-state index in [1.165, 1.54) is 6.08 Å². The molecule has 0 spiro atoms. The summed E-state index contributed by atoms with van der Waals surface area (Å²) in [5, 5.41) is 11.7. The number of carbonyl (C=O) groups is 1. The fourth-order valence-corrected chi connectivity index (χ4v) is 1.80. The normalized spacial score (nSPS) is 13.2. The Morgan fingerprint density at radius 2 is 1.32 bits per heavy atom. The highest BCUT2D eigenvalue weighted by atomic mass is 16.6. The second-order valence-electron chi connectivity index (χ2n) is 6.01. The summed E-state index contributed by atoms with van der Waals surface area (Å²) in [5.74, 6) is -0.207. The Morgan fingerprint density at radius 3 is 1.79 bits per heavy atom. The van der Waals surface area contributed by atoms with Crippen LogP contribution < -0.4 is 5.32 Å². The van der Waals surface area contributed by atoms with Gasteiger partial charge in [-0.15, -0.1) is 0 Å². The van der Waals surface area contributed by atoms with E-state index in [2.05, 4.69) is 11.9 Å². The van der Waals surface area contributed by atoms with Crippen LogP contribution in [0.2, 0.25) is 0 Å². The van der Waals surface area contributed by atoms with Crippen LogP contribution >= 0.6 is 0 Å². The summed E-state index contributed by atoms with van der Waals surface area (Å²) in [7, 11) is 0. The molecule has 166 valence electrons. The molecule has 28 heavy (non-hydrogen) atoms. The van der Waals surface area contributed by atoms with Crippen LogP contribution in [0.3, 0.4) is 0 Å². The highest BCUT2D eigenvalue weighted by molar-refractivity contribution is 5.86. The lowest BCUT2D eigenvalue weighted by molar-refractivity contribution is -0.116. The first kappa shape index (κ1) is 26.9. The van der Waals surface area contributed by atoms with E-state index in [0.717, 1.165) is 0 Å². The first-order valence-electron chi connectivity index (χ1n) is 9.65. The molecule has 0 radical (unpaired) electrons. The third kappa shape index (κ3) is 21.2. The molecular weight excluding hydrogens is 370 g/mol. The number of rotatable bonds is 21. The van der Waals surface area contributed by atoms with E-state index in [-0.39, 0.29) is 12.0 Å². The molecule has 9 heteroatoms. The molecule has 0 aliphatic carbocycles. The molecule has 0 aromatic carbocycles. The van der Waals surface area contributed by atoms with Crippen LogP contribution in [-0.2, 0) is 33.2 Å². The molecule has 2 unspecified atom stereocenters. The zero-order chi connectivity index (χ0) is 20.9. The monoisotopic (exact) mass is 407 g/mol. The predicted molar refractivity (Wildman–Crippen MR) is 104 cm³/mol. The number of aliphatic hydroxyl groups excluding tert-OH is 1. The summed E-state index contributed by atoms with van der Waals surface area (Å²) in [6.07, 6.45) is 0.703. The van der Waals surface area contributed by atoms with E-state index < -0.39 is 6.10 Å². The topological polar surface area (TPSA) is 105 Å². The SMILES string of the molecule is C=CC(=O)NCCOCCOCCOCCOCCOCC(C)OCC(C)O. The molecule has 0 aliphatic rings. The van der Waals surface area contributed by atoms with Gasteiger partial charge in [-0.1, -0.05) is 6.58 Å². The van der Waals surface area contributed by atoms with Crippen molar-refractivity contribution in [3.05, 3.63) is 12.7 Å². The van der Waals surface area contributed by atoms with Gasteiger partial charge in [-0.2, -0.15) is 0 Å². The van der Waals surface area contributed by atoms with Gasteiger partial charge in [0.1, 0.15) is 0 Å². The Kier molecular flexibility index (Phi) is 19.9. The smallest absolute Gasteiger partial charge is 0.243 e. The number of hydrogen-bond acceptors (Lipinski definition) is 8. The fraction of sp³-hybridized carbons (Fsp3) is 0.842. The van der Waals surface area contributed by atoms with Crippen molar-refractivity contribution in [3.8, 4) is 0 Å². The number of ether oxygens (including phenoxy) is 6. The van der Waals surface area contributed by atoms with Crippen molar-refractivity contribution in [2.45, 2.75) is 26.1 Å². The fourth-order valence-electron chi connectivity index (χ4n) is 1.80. The lowest BCUT2D eigenvalue weighted by atomic mass is 10.4. The maximum atomic E-state index is 10.9. The maximum Gasteiger partial charge on any atom is 0.243 e. The maximum absolute atomic E-state index is 10.9. The van der Waals surface area contributed by atoms with Crippen molar-refractivity contribution < 1.29 is 38.3 Å². The van der Waals surface area contributed by atoms with Crippen molar-refractivity contribution in [1.82, 2.24) is 5.32 Å². The molecule has 0 saturated heterocycles. The molecule has 1 amide bonds. The van der Waals surface area contributed by atoms with Crippen molar-refractivity contribution in [2.75, 3.05) is 79.2 Å². The summed E-state index contributed by atoms with van der Waals surface area (Å²) in [6.45, 7) is 12.5. The lowest BCUT2D eigenvalue weighted by Crippen LogP contribution is -2.25. The van der Waals surface area contributed by atoms with Crippen LogP contribution in [-0.4, -0.2) is 102 Å². The van der Waals surface area contributed by atoms with E-state index in [0.29, 0.717) is 79.2 Å². The summed E-state index contributed by atoms with van der Waals surface area (Å²) >= 11 is 0. The largest absolute Gasteiger partial charge is 0.391 e. The van der Waals surface area contributed by atoms with Crippen LogP contribution in [0, 0.1) is 0 Å². The molecule has 0 bridgehead atoms. The lowest BCUT2D eigenvalue weighted by Gasteiger charge is -2.14. The van der Waals surface area contributed by atoms with Crippen LogP contribution in [0.1, 0.15) is 13.8 Å². The summed E-state index contributed by atoms with van der Waals surface area (Å²) < 4.78 is 32.2. The molecule has 0 aromatic heterocycles. The number of aliphatic hydroxyl groups is 1. The Balaban J connectivity index is 3.12. The minimum atomic E-state index is -0.465. The molecule has 2 N–H and O–H groups in total. The van der Waals surface area contributed by atoms with Gasteiger partial charge in [-0.05, 0) is 19.9 Å². The first-order valence-corrected chi connectivity index (χ1v) is 9.65. The van der Waals surface area contributed by atoms with Gasteiger partial charge in [0.2, 0.25) is 5.91 Å². The Labute approximate surface area is 168 Å². The average Bonchev–Trinajstić information content (AvgIpc) is 2.68. The summed E-state index contributed by atoms with van der Waals surface area (Å²) in [5.41, 5.74) is 0. The number of carbonyl (C=O) groups excluding carboxylic acids is 1. The standard InChI is InChI=1S/C19H37NO8/c1-4-19(22)20-5-6-23-7-8-24-9-10-25-11-12-26-13-14-27-16-18(3)28-15-17(2)21/h4,17-18,21H,1,5-16H2,2-3H3,(H,20,22). The van der Waals surface area contributed by atoms with E-state index >= 15 is 0 Å². The highest BCUT2D eigenvalue weighted by Gasteiger charge is 2.04. The predicted octanol–water partition coefficient (Wildman–Crippen LogP) is 0.158. The molecule has 9 nitrogen and oxygen atoms in total. The Hall–Kier alpha value is -1.07. The van der Waals surface area contributed by atoms with E-state index in [1.54, 1.807) is 6.92 Å². The molecule has 0 aliphatic heterocycles. The zero-order valence-corrected chi connectivity index (χ0v) is 17.2. The number of amides is 1. The van der Waals surface area contributed by atoms with Gasteiger partial charge in [0.15, 0.2) is 0 Å². The van der Waals surface area contributed by atoms with Gasteiger partial charge in [-0.25, -0.2) is 0 Å². The Morgan fingerprint density at radius 1 is 0.857 bits per heavy atom. The number of nitrogens with one attached hydrogen (secondary N) is 1. The molecule has 0 saturated carbocycles. The minimum absolute atomic E-state index is 0.0542. The molecule has 2 atom stereocenters. The van der Waals surface area contributed by atoms with Crippen molar-refractivity contribution in [2.24, 2.45) is 0 Å². The third-order valence-electron chi connectivity index (χ3n) is 3.19. The van der Waals surface area contributed by atoms with Gasteiger partial charge in [0.25, 0.3) is 0 Å². The minimum Gasteiger partial charge on any atom is -0.391 e. The van der Waals surface area contributed by atoms with Gasteiger partial charge in [0, 0.05) is 6.54 Å². The highest BCUT2D eigenvalue weighted by Crippen LogP contribution is 1.94. The van der Waals surface area contributed by atoms with Crippen molar-refractivity contribution >= 4 is 5.91 Å². The molecule has 0 heterocycles. The number of hydrogen-bond donors (Lipinski definition) is 2. The van der Waals surface area contributed by atoms with Crippen LogP contribution in [0.25, 0.3) is 0 Å². The van der Waals surface area contributed by atoms with Gasteiger partial charge in [-0.3, -0.25) is 4.79 Å². The Bertz CT molecular complexity index is 368. The van der Waals surface area contributed by atoms with Gasteiger partial charge in [0.05, 0.1) is 84.9 Å². The van der Waals surface area contributed by atoms with Crippen molar-refractivity contribution in [1.29, 1.82) is 0 Å². The van der Waals surface area contributed by atoms with E-state index in [9.17, 15) is 4.79 Å². The summed E-state index contributed by atoms with van der Waals surface area (Å²) in [4.78, 5) is 10.9. The molecule has 0 rings (SSSR count). The van der Waals surface area contributed by atoms with Crippen LogP contribution in [0.4, 0.5) is 0 Å². The van der Waals surface area contributed by atoms with Gasteiger partial charge >= 0.3 is 0 Å². The van der Waals surface area contributed by atoms with Gasteiger partial charge < -0.3 is 38.8 Å². The van der Waals surface area contributed by atoms with Crippen molar-refractivity contribution in [3.63, 3.8) is 0 Å². The second kappa shape index (κ2) is 20.7. The molecule has 0 fully saturated rings.